The van der Waals surface area contributed by atoms with Crippen molar-refractivity contribution in [1.82, 2.24) is 14.8 Å². The summed E-state index contributed by atoms with van der Waals surface area (Å²) < 4.78 is 13.4. The van der Waals surface area contributed by atoms with E-state index in [9.17, 15) is 14.0 Å². The van der Waals surface area contributed by atoms with E-state index in [1.807, 2.05) is 19.0 Å². The number of hydrogen-bond acceptors (Lipinski definition) is 6. The molecule has 0 bridgehead atoms. The first-order chi connectivity index (χ1) is 15.3. The van der Waals surface area contributed by atoms with Crippen molar-refractivity contribution in [2.45, 2.75) is 6.54 Å². The molecule has 0 fully saturated rings. The van der Waals surface area contributed by atoms with Gasteiger partial charge in [0.15, 0.2) is 0 Å². The Kier molecular flexibility index (Phi) is 7.74. The van der Waals surface area contributed by atoms with E-state index in [4.69, 9.17) is 5.73 Å². The maximum Gasteiger partial charge on any atom is 0.322 e. The predicted octanol–water partition coefficient (Wildman–Crippen LogP) is 3.71. The maximum absolute atomic E-state index is 13.4. The molecule has 0 saturated carbocycles. The second-order valence-corrected chi connectivity index (χ2v) is 8.16. The number of pyridine rings is 1. The zero-order chi connectivity index (χ0) is 23.1. The fourth-order valence-corrected chi connectivity index (χ4v) is 3.48. The van der Waals surface area contributed by atoms with E-state index in [-0.39, 0.29) is 24.2 Å². The second kappa shape index (κ2) is 10.7. The van der Waals surface area contributed by atoms with Crippen molar-refractivity contribution in [2.24, 2.45) is 0 Å². The molecule has 0 aliphatic heterocycles. The molecule has 0 aliphatic carbocycles. The number of aromatic nitrogens is 1. The summed E-state index contributed by atoms with van der Waals surface area (Å²) in [4.78, 5) is 33.0. The lowest BCUT2D eigenvalue weighted by Gasteiger charge is -2.25. The van der Waals surface area contributed by atoms with Gasteiger partial charge in [-0.1, -0.05) is 12.1 Å². The van der Waals surface area contributed by atoms with Gasteiger partial charge in [0.25, 0.3) is 5.91 Å². The number of nitrogens with zero attached hydrogens (tertiary/aromatic N) is 3. The molecule has 0 spiro atoms. The van der Waals surface area contributed by atoms with Gasteiger partial charge in [-0.05, 0) is 43.9 Å². The van der Waals surface area contributed by atoms with Crippen LogP contribution in [-0.4, -0.2) is 53.9 Å². The van der Waals surface area contributed by atoms with Crippen LogP contribution in [0.15, 0.2) is 53.4 Å². The minimum absolute atomic E-state index is 0.239. The molecule has 8 nitrogen and oxygen atoms in total. The number of halogens is 1. The Morgan fingerprint density at radius 3 is 2.56 bits per heavy atom. The molecular formula is C22H25FN6O2S. The second-order valence-electron chi connectivity index (χ2n) is 7.41. The Balaban J connectivity index is 1.67. The first-order valence-corrected chi connectivity index (χ1v) is 10.8. The van der Waals surface area contributed by atoms with Gasteiger partial charge in [-0.15, -0.1) is 11.3 Å². The highest BCUT2D eigenvalue weighted by Gasteiger charge is 2.16. The number of carbonyl (C=O) groups is 2. The van der Waals surface area contributed by atoms with Crippen molar-refractivity contribution >= 4 is 40.3 Å². The lowest BCUT2D eigenvalue weighted by atomic mass is 10.2. The van der Waals surface area contributed by atoms with E-state index < -0.39 is 5.82 Å². The van der Waals surface area contributed by atoms with Crippen LogP contribution >= 0.6 is 11.3 Å². The molecule has 168 valence electrons. The molecule has 0 atom stereocenters. The summed E-state index contributed by atoms with van der Waals surface area (Å²) in [6, 6.07) is 8.73. The number of amides is 3. The third-order valence-corrected chi connectivity index (χ3v) is 5.31. The van der Waals surface area contributed by atoms with Crippen molar-refractivity contribution in [3.63, 3.8) is 0 Å². The summed E-state index contributed by atoms with van der Waals surface area (Å²) in [7, 11) is 3.83. The molecule has 0 saturated heterocycles. The quantitative estimate of drug-likeness (QED) is 0.479. The van der Waals surface area contributed by atoms with Crippen LogP contribution in [0.2, 0.25) is 0 Å². The topological polar surface area (TPSA) is 104 Å². The van der Waals surface area contributed by atoms with Gasteiger partial charge in [-0.2, -0.15) is 0 Å². The van der Waals surface area contributed by atoms with Gasteiger partial charge in [0.2, 0.25) is 0 Å². The minimum atomic E-state index is -0.426. The first kappa shape index (κ1) is 23.2. The molecule has 3 rings (SSSR count). The lowest BCUT2D eigenvalue weighted by Crippen LogP contribution is -2.39. The van der Waals surface area contributed by atoms with Gasteiger partial charge in [-0.3, -0.25) is 9.78 Å². The van der Waals surface area contributed by atoms with Gasteiger partial charge in [-0.25, -0.2) is 9.18 Å². The van der Waals surface area contributed by atoms with E-state index in [1.165, 1.54) is 29.5 Å². The van der Waals surface area contributed by atoms with Gasteiger partial charge in [0.05, 0.1) is 11.4 Å². The number of nitrogens with two attached hydrogens (primary N) is 1. The highest BCUT2D eigenvalue weighted by atomic mass is 32.1. The van der Waals surface area contributed by atoms with Crippen LogP contribution in [0, 0.1) is 5.82 Å². The van der Waals surface area contributed by atoms with Crippen molar-refractivity contribution in [3.8, 4) is 0 Å². The molecule has 32 heavy (non-hydrogen) atoms. The molecule has 4 N–H and O–H groups in total. The summed E-state index contributed by atoms with van der Waals surface area (Å²) in [6.45, 7) is 1.38. The molecule has 3 amide bonds. The van der Waals surface area contributed by atoms with E-state index in [1.54, 1.807) is 40.1 Å². The van der Waals surface area contributed by atoms with Crippen LogP contribution in [-0.2, 0) is 6.54 Å². The van der Waals surface area contributed by atoms with E-state index in [0.717, 1.165) is 5.56 Å². The van der Waals surface area contributed by atoms with Crippen LogP contribution in [0.3, 0.4) is 0 Å². The van der Waals surface area contributed by atoms with Gasteiger partial charge < -0.3 is 26.2 Å². The molecule has 0 unspecified atom stereocenters. The summed E-state index contributed by atoms with van der Waals surface area (Å²) in [5.41, 5.74) is 8.22. The van der Waals surface area contributed by atoms with Gasteiger partial charge >= 0.3 is 6.03 Å². The van der Waals surface area contributed by atoms with Crippen LogP contribution in [0.5, 0.6) is 0 Å². The predicted molar refractivity (Wildman–Crippen MR) is 125 cm³/mol. The highest BCUT2D eigenvalue weighted by molar-refractivity contribution is 7.09. The molecule has 2 heterocycles. The van der Waals surface area contributed by atoms with Gasteiger partial charge in [0.1, 0.15) is 11.5 Å². The number of nitrogens with one attached hydrogen (secondary N) is 2. The number of hydrogen-bond donors (Lipinski definition) is 3. The van der Waals surface area contributed by atoms with Crippen molar-refractivity contribution in [3.05, 3.63) is 70.4 Å². The monoisotopic (exact) mass is 456 g/mol. The number of urea groups is 1. The lowest BCUT2D eigenvalue weighted by molar-refractivity contribution is 0.102. The van der Waals surface area contributed by atoms with Crippen LogP contribution in [0.25, 0.3) is 0 Å². The van der Waals surface area contributed by atoms with Crippen molar-refractivity contribution in [1.29, 1.82) is 0 Å². The SMILES string of the molecule is CN(C)CCN(Cc1ccc(C(=O)Nc2cscc2N)nc1)C(=O)Nc1cccc(F)c1. The number of thiophene rings is 1. The highest BCUT2D eigenvalue weighted by Crippen LogP contribution is 2.23. The average molecular weight is 457 g/mol. The fraction of sp³-hybridized carbons (Fsp3) is 0.227. The number of likely N-dealkylation sites (N-methyl/N-ethyl adjacent to an activating group) is 1. The third-order valence-electron chi connectivity index (χ3n) is 4.55. The molecular weight excluding hydrogens is 431 g/mol. The molecule has 3 aromatic rings. The fourth-order valence-electron chi connectivity index (χ4n) is 2.81. The molecule has 0 aliphatic rings. The van der Waals surface area contributed by atoms with E-state index in [0.29, 0.717) is 30.2 Å². The molecule has 10 heteroatoms. The number of carbonyl (C=O) groups excluding carboxylic acids is 2. The Bertz CT molecular complexity index is 1070. The Hall–Kier alpha value is -3.50. The zero-order valence-corrected chi connectivity index (χ0v) is 18.7. The summed E-state index contributed by atoms with van der Waals surface area (Å²) in [5, 5.41) is 8.93. The first-order valence-electron chi connectivity index (χ1n) is 9.86. The zero-order valence-electron chi connectivity index (χ0n) is 17.8. The number of nitrogen functional groups attached to an aromatic ring is 1. The summed E-state index contributed by atoms with van der Waals surface area (Å²) in [5.74, 6) is -0.792. The van der Waals surface area contributed by atoms with Crippen molar-refractivity contribution < 1.29 is 14.0 Å². The number of benzene rings is 1. The van der Waals surface area contributed by atoms with Crippen molar-refractivity contribution in [2.75, 3.05) is 43.6 Å². The van der Waals surface area contributed by atoms with E-state index in [2.05, 4.69) is 15.6 Å². The molecule has 1 aromatic carbocycles. The molecule has 0 radical (unpaired) electrons. The maximum atomic E-state index is 13.4. The number of rotatable bonds is 8. The normalized spacial score (nSPS) is 10.8. The standard InChI is InChI=1S/C22H25FN6O2S/c1-28(2)8-9-29(22(31)26-17-5-3-4-16(23)10-17)12-15-6-7-19(25-11-15)21(30)27-20-14-32-13-18(20)24/h3-7,10-11,13-14H,8-9,12,24H2,1-2H3,(H,26,31)(H,27,30). The smallest absolute Gasteiger partial charge is 0.322 e. The van der Waals surface area contributed by atoms with Crippen LogP contribution in [0.4, 0.5) is 26.2 Å². The Morgan fingerprint density at radius 2 is 1.94 bits per heavy atom. The Labute approximate surface area is 189 Å². The summed E-state index contributed by atoms with van der Waals surface area (Å²) in [6.07, 6.45) is 1.56. The minimum Gasteiger partial charge on any atom is -0.396 e. The average Bonchev–Trinajstić information content (AvgIpc) is 3.15. The van der Waals surface area contributed by atoms with Crippen LogP contribution in [0.1, 0.15) is 16.1 Å². The summed E-state index contributed by atoms with van der Waals surface area (Å²) >= 11 is 1.40. The third kappa shape index (κ3) is 6.50. The van der Waals surface area contributed by atoms with Crippen LogP contribution < -0.4 is 16.4 Å². The van der Waals surface area contributed by atoms with Gasteiger partial charge in [0, 0.05) is 42.3 Å². The van der Waals surface area contributed by atoms with E-state index >= 15 is 0 Å². The molecule has 2 aromatic heterocycles. The number of anilines is 3. The largest absolute Gasteiger partial charge is 0.396 e. The Morgan fingerprint density at radius 1 is 1.12 bits per heavy atom.